The van der Waals surface area contributed by atoms with Gasteiger partial charge in [0.2, 0.25) is 0 Å². The Bertz CT molecular complexity index is 779. The third kappa shape index (κ3) is 2.99. The molecule has 2 aliphatic rings. The topological polar surface area (TPSA) is 56.8 Å². The van der Waals surface area contributed by atoms with E-state index in [1.54, 1.807) is 12.1 Å². The lowest BCUT2D eigenvalue weighted by molar-refractivity contribution is -0.127. The highest BCUT2D eigenvalue weighted by Gasteiger charge is 2.30. The van der Waals surface area contributed by atoms with Crippen LogP contribution in [0.5, 0.6) is 17.2 Å². The minimum absolute atomic E-state index is 0.162. The molecule has 0 unspecified atom stereocenters. The molecule has 1 amide bonds. The van der Waals surface area contributed by atoms with Crippen LogP contribution < -0.4 is 19.5 Å². The van der Waals surface area contributed by atoms with Crippen molar-refractivity contribution in [1.82, 2.24) is 5.32 Å². The summed E-state index contributed by atoms with van der Waals surface area (Å²) in [5.74, 6) is 1.98. The highest BCUT2D eigenvalue weighted by Crippen LogP contribution is 2.32. The van der Waals surface area contributed by atoms with Crippen LogP contribution in [0.15, 0.2) is 42.5 Å². The van der Waals surface area contributed by atoms with Gasteiger partial charge >= 0.3 is 0 Å². The standard InChI is InChI=1S/C18H16ClNO4/c19-12-5-6-14-11(7-12)8-17(24-14)18(21)20-9-13-10-22-15-3-1-2-4-16(15)23-13/h1-7,13,17H,8-10H2,(H,20,21)/t13-,17-/m0/s1. The first-order valence-electron chi connectivity index (χ1n) is 7.80. The average Bonchev–Trinajstić information content (AvgIpc) is 3.02. The zero-order valence-electron chi connectivity index (χ0n) is 12.8. The molecule has 24 heavy (non-hydrogen) atoms. The van der Waals surface area contributed by atoms with Crippen molar-refractivity contribution in [1.29, 1.82) is 0 Å². The summed E-state index contributed by atoms with van der Waals surface area (Å²) in [7, 11) is 0. The second-order valence-corrected chi connectivity index (χ2v) is 6.24. The molecule has 2 aromatic carbocycles. The van der Waals surface area contributed by atoms with Crippen molar-refractivity contribution in [3.8, 4) is 17.2 Å². The van der Waals surface area contributed by atoms with Crippen LogP contribution >= 0.6 is 11.6 Å². The van der Waals surface area contributed by atoms with E-state index in [2.05, 4.69) is 5.32 Å². The lowest BCUT2D eigenvalue weighted by Gasteiger charge is -2.26. The Hall–Kier alpha value is -2.40. The zero-order valence-corrected chi connectivity index (χ0v) is 13.6. The van der Waals surface area contributed by atoms with Gasteiger partial charge in [-0.3, -0.25) is 4.79 Å². The fraction of sp³-hybridized carbons (Fsp3) is 0.278. The maximum Gasteiger partial charge on any atom is 0.261 e. The van der Waals surface area contributed by atoms with Crippen molar-refractivity contribution in [3.05, 3.63) is 53.1 Å². The summed E-state index contributed by atoms with van der Waals surface area (Å²) in [4.78, 5) is 12.3. The van der Waals surface area contributed by atoms with Gasteiger partial charge in [-0.05, 0) is 35.9 Å². The predicted octanol–water partition coefficient (Wildman–Crippen LogP) is 2.60. The molecule has 2 heterocycles. The van der Waals surface area contributed by atoms with Crippen LogP contribution in [0, 0.1) is 0 Å². The summed E-state index contributed by atoms with van der Waals surface area (Å²) in [6.07, 6.45) is -0.232. The maximum atomic E-state index is 12.3. The van der Waals surface area contributed by atoms with Crippen LogP contribution in [0.2, 0.25) is 5.02 Å². The minimum Gasteiger partial charge on any atom is -0.486 e. The average molecular weight is 346 g/mol. The molecule has 6 heteroatoms. The number of rotatable bonds is 3. The van der Waals surface area contributed by atoms with E-state index in [-0.39, 0.29) is 12.0 Å². The largest absolute Gasteiger partial charge is 0.486 e. The van der Waals surface area contributed by atoms with Crippen molar-refractivity contribution in [2.24, 2.45) is 0 Å². The van der Waals surface area contributed by atoms with Gasteiger partial charge in [-0.1, -0.05) is 23.7 Å². The number of hydrogen-bond acceptors (Lipinski definition) is 4. The molecule has 2 atom stereocenters. The van der Waals surface area contributed by atoms with E-state index >= 15 is 0 Å². The van der Waals surface area contributed by atoms with Crippen molar-refractivity contribution < 1.29 is 19.0 Å². The van der Waals surface area contributed by atoms with Crippen LogP contribution in [-0.2, 0) is 11.2 Å². The monoisotopic (exact) mass is 345 g/mol. The van der Waals surface area contributed by atoms with Gasteiger partial charge in [0.25, 0.3) is 5.91 Å². The highest BCUT2D eigenvalue weighted by molar-refractivity contribution is 6.30. The summed E-state index contributed by atoms with van der Waals surface area (Å²) >= 11 is 5.97. The molecule has 4 rings (SSSR count). The quantitative estimate of drug-likeness (QED) is 0.929. The van der Waals surface area contributed by atoms with Crippen LogP contribution in [0.25, 0.3) is 0 Å². The van der Waals surface area contributed by atoms with E-state index in [0.717, 1.165) is 11.3 Å². The van der Waals surface area contributed by atoms with E-state index in [9.17, 15) is 4.79 Å². The Morgan fingerprint density at radius 1 is 1.12 bits per heavy atom. The SMILES string of the molecule is O=C(NC[C@H]1COc2ccccc2O1)[C@@H]1Cc2cc(Cl)ccc2O1. The lowest BCUT2D eigenvalue weighted by atomic mass is 10.1. The first kappa shape index (κ1) is 15.1. The molecule has 0 fully saturated rings. The molecule has 0 saturated carbocycles. The fourth-order valence-electron chi connectivity index (χ4n) is 2.86. The first-order valence-corrected chi connectivity index (χ1v) is 8.18. The Morgan fingerprint density at radius 2 is 1.96 bits per heavy atom. The van der Waals surface area contributed by atoms with Crippen LogP contribution in [0.1, 0.15) is 5.56 Å². The van der Waals surface area contributed by atoms with E-state index < -0.39 is 6.10 Å². The number of ether oxygens (including phenoxy) is 3. The van der Waals surface area contributed by atoms with E-state index in [1.165, 1.54) is 0 Å². The summed E-state index contributed by atoms with van der Waals surface area (Å²) in [6, 6.07) is 12.9. The number of amides is 1. The third-order valence-electron chi connectivity index (χ3n) is 4.06. The smallest absolute Gasteiger partial charge is 0.261 e. The summed E-state index contributed by atoms with van der Waals surface area (Å²) in [5.41, 5.74) is 0.953. The molecule has 0 aliphatic carbocycles. The second kappa shape index (κ2) is 6.24. The molecule has 5 nitrogen and oxygen atoms in total. The van der Waals surface area contributed by atoms with Crippen LogP contribution in [0.4, 0.5) is 0 Å². The summed E-state index contributed by atoms with van der Waals surface area (Å²) < 4.78 is 17.1. The molecule has 124 valence electrons. The molecule has 1 N–H and O–H groups in total. The summed E-state index contributed by atoms with van der Waals surface area (Å²) in [5, 5.41) is 3.52. The van der Waals surface area contributed by atoms with Crippen LogP contribution in [0.3, 0.4) is 0 Å². The van der Waals surface area contributed by atoms with Gasteiger partial charge in [-0.2, -0.15) is 0 Å². The molecule has 0 aromatic heterocycles. The Kier molecular flexibility index (Phi) is 3.94. The van der Waals surface area contributed by atoms with Gasteiger partial charge < -0.3 is 19.5 Å². The normalized spacial score (nSPS) is 20.9. The van der Waals surface area contributed by atoms with Gasteiger partial charge in [-0.15, -0.1) is 0 Å². The molecular formula is C18H16ClNO4. The van der Waals surface area contributed by atoms with Crippen molar-refractivity contribution in [2.45, 2.75) is 18.6 Å². The fourth-order valence-corrected chi connectivity index (χ4v) is 3.05. The van der Waals surface area contributed by atoms with Crippen LogP contribution in [-0.4, -0.2) is 31.3 Å². The lowest BCUT2D eigenvalue weighted by Crippen LogP contribution is -2.45. The molecule has 2 aliphatic heterocycles. The first-order chi connectivity index (χ1) is 11.7. The molecule has 0 spiro atoms. The number of para-hydroxylation sites is 2. The molecular weight excluding hydrogens is 330 g/mol. The number of nitrogens with one attached hydrogen (secondary N) is 1. The zero-order chi connectivity index (χ0) is 16.5. The second-order valence-electron chi connectivity index (χ2n) is 5.81. The van der Waals surface area contributed by atoms with Gasteiger partial charge in [0.1, 0.15) is 18.5 Å². The molecule has 0 bridgehead atoms. The van der Waals surface area contributed by atoms with Gasteiger partial charge in [-0.25, -0.2) is 0 Å². The number of hydrogen-bond donors (Lipinski definition) is 1. The van der Waals surface area contributed by atoms with E-state index in [4.69, 9.17) is 25.8 Å². The van der Waals surface area contributed by atoms with Gasteiger partial charge in [0.05, 0.1) is 6.54 Å². The number of carbonyl (C=O) groups is 1. The molecule has 0 radical (unpaired) electrons. The number of halogens is 1. The van der Waals surface area contributed by atoms with Crippen molar-refractivity contribution in [2.75, 3.05) is 13.2 Å². The predicted molar refractivity (Wildman–Crippen MR) is 88.9 cm³/mol. The summed E-state index contributed by atoms with van der Waals surface area (Å²) in [6.45, 7) is 0.767. The highest BCUT2D eigenvalue weighted by atomic mass is 35.5. The van der Waals surface area contributed by atoms with E-state index in [0.29, 0.717) is 36.1 Å². The molecule has 0 saturated heterocycles. The number of carbonyl (C=O) groups excluding carboxylic acids is 1. The Labute approximate surface area is 144 Å². The van der Waals surface area contributed by atoms with Crippen molar-refractivity contribution in [3.63, 3.8) is 0 Å². The maximum absolute atomic E-state index is 12.3. The number of benzene rings is 2. The number of fused-ring (bicyclic) bond motifs is 2. The van der Waals surface area contributed by atoms with E-state index in [1.807, 2.05) is 30.3 Å². The van der Waals surface area contributed by atoms with Crippen molar-refractivity contribution >= 4 is 17.5 Å². The Morgan fingerprint density at radius 3 is 2.83 bits per heavy atom. The third-order valence-corrected chi connectivity index (χ3v) is 4.30. The minimum atomic E-state index is -0.532. The molecule has 2 aromatic rings. The van der Waals surface area contributed by atoms with Gasteiger partial charge in [0.15, 0.2) is 17.6 Å². The Balaban J connectivity index is 1.32. The van der Waals surface area contributed by atoms with Gasteiger partial charge in [0, 0.05) is 11.4 Å².